The van der Waals surface area contributed by atoms with Gasteiger partial charge >= 0.3 is 0 Å². The first-order valence-corrected chi connectivity index (χ1v) is 8.96. The van der Waals surface area contributed by atoms with Crippen LogP contribution in [0.5, 0.6) is 0 Å². The minimum Gasteiger partial charge on any atom is -0.398 e. The van der Waals surface area contributed by atoms with Crippen molar-refractivity contribution in [1.82, 2.24) is 9.62 Å². The molecule has 1 unspecified atom stereocenters. The van der Waals surface area contributed by atoms with Crippen molar-refractivity contribution in [2.45, 2.75) is 30.7 Å². The quantitative estimate of drug-likeness (QED) is 0.784. The molecule has 7 heteroatoms. The molecule has 1 saturated heterocycles. The molecule has 0 radical (unpaired) electrons. The van der Waals surface area contributed by atoms with Gasteiger partial charge in [-0.15, -0.1) is 0 Å². The molecule has 112 valence electrons. The molecule has 2 rings (SSSR count). The van der Waals surface area contributed by atoms with Crippen LogP contribution in [0.4, 0.5) is 5.69 Å². The highest BCUT2D eigenvalue weighted by Gasteiger charge is 2.22. The van der Waals surface area contributed by atoms with Gasteiger partial charge in [0.1, 0.15) is 4.90 Å². The minimum atomic E-state index is -3.57. The molecular formula is C13H20BrN3O2S. The highest BCUT2D eigenvalue weighted by molar-refractivity contribution is 9.10. The maximum Gasteiger partial charge on any atom is 0.242 e. The molecular weight excluding hydrogens is 342 g/mol. The lowest BCUT2D eigenvalue weighted by Gasteiger charge is -2.24. The number of anilines is 1. The average molecular weight is 362 g/mol. The summed E-state index contributed by atoms with van der Waals surface area (Å²) in [5.74, 6) is 0. The molecule has 1 aliphatic rings. The first kappa shape index (κ1) is 15.8. The fraction of sp³-hybridized carbons (Fsp3) is 0.538. The lowest BCUT2D eigenvalue weighted by molar-refractivity contribution is 0.260. The smallest absolute Gasteiger partial charge is 0.242 e. The molecule has 1 atom stereocenters. The molecule has 1 aromatic rings. The number of sulfonamides is 1. The minimum absolute atomic E-state index is 0.125. The molecule has 3 N–H and O–H groups in total. The van der Waals surface area contributed by atoms with Gasteiger partial charge in [-0.1, -0.05) is 15.9 Å². The molecule has 20 heavy (non-hydrogen) atoms. The maximum atomic E-state index is 12.3. The zero-order chi connectivity index (χ0) is 14.8. The average Bonchev–Trinajstić information content (AvgIpc) is 2.93. The fourth-order valence-corrected chi connectivity index (χ4v) is 4.15. The van der Waals surface area contributed by atoms with Gasteiger partial charge in [0.2, 0.25) is 10.0 Å². The van der Waals surface area contributed by atoms with E-state index in [-0.39, 0.29) is 16.6 Å². The van der Waals surface area contributed by atoms with E-state index < -0.39 is 10.0 Å². The molecule has 1 aliphatic heterocycles. The molecule has 0 bridgehead atoms. The van der Waals surface area contributed by atoms with Crippen molar-refractivity contribution in [3.05, 3.63) is 22.7 Å². The van der Waals surface area contributed by atoms with E-state index in [2.05, 4.69) is 25.6 Å². The molecule has 1 fully saturated rings. The van der Waals surface area contributed by atoms with Crippen LogP contribution in [0, 0.1) is 0 Å². The summed E-state index contributed by atoms with van der Waals surface area (Å²) in [4.78, 5) is 2.42. The van der Waals surface area contributed by atoms with Gasteiger partial charge in [0.15, 0.2) is 0 Å². The van der Waals surface area contributed by atoms with Crippen molar-refractivity contribution in [3.8, 4) is 0 Å². The van der Waals surface area contributed by atoms with E-state index in [1.54, 1.807) is 12.1 Å². The molecule has 0 aromatic heterocycles. The second-order valence-electron chi connectivity index (χ2n) is 5.13. The molecule has 1 heterocycles. The van der Waals surface area contributed by atoms with Crippen molar-refractivity contribution < 1.29 is 8.42 Å². The second-order valence-corrected chi connectivity index (χ2v) is 7.78. The zero-order valence-electron chi connectivity index (χ0n) is 11.5. The summed E-state index contributed by atoms with van der Waals surface area (Å²) in [7, 11) is -3.57. The lowest BCUT2D eigenvalue weighted by atomic mass is 10.3. The van der Waals surface area contributed by atoms with E-state index in [0.29, 0.717) is 11.0 Å². The number of halogens is 1. The monoisotopic (exact) mass is 361 g/mol. The Bertz CT molecular complexity index is 571. The van der Waals surface area contributed by atoms with Gasteiger partial charge in [0.05, 0.1) is 5.69 Å². The first-order chi connectivity index (χ1) is 9.40. The highest BCUT2D eigenvalue weighted by atomic mass is 79.9. The van der Waals surface area contributed by atoms with Gasteiger partial charge in [-0.3, -0.25) is 4.90 Å². The van der Waals surface area contributed by atoms with Crippen molar-refractivity contribution in [2.24, 2.45) is 0 Å². The summed E-state index contributed by atoms with van der Waals surface area (Å²) in [6.07, 6.45) is 2.38. The van der Waals surface area contributed by atoms with E-state index >= 15 is 0 Å². The van der Waals surface area contributed by atoms with Gasteiger partial charge in [-0.05, 0) is 51.1 Å². The number of nitrogens with two attached hydrogens (primary N) is 1. The number of nitrogens with one attached hydrogen (secondary N) is 1. The van der Waals surface area contributed by atoms with E-state index in [0.717, 1.165) is 13.1 Å². The molecule has 5 nitrogen and oxygen atoms in total. The predicted octanol–water partition coefficient (Wildman–Crippen LogP) is 1.79. The van der Waals surface area contributed by atoms with Crippen LogP contribution < -0.4 is 10.5 Å². The standard InChI is InChI=1S/C13H20BrN3O2S/c1-10(17-6-2-3-7-17)9-16-20(18,19)13-8-11(14)4-5-12(13)15/h4-5,8,10,16H,2-3,6-7,9,15H2,1H3. The van der Waals surface area contributed by atoms with Gasteiger partial charge in [-0.2, -0.15) is 0 Å². The lowest BCUT2D eigenvalue weighted by Crippen LogP contribution is -2.40. The molecule has 0 spiro atoms. The fourth-order valence-electron chi connectivity index (χ4n) is 2.36. The number of hydrogen-bond acceptors (Lipinski definition) is 4. The summed E-state index contributed by atoms with van der Waals surface area (Å²) in [5.41, 5.74) is 6.01. The number of rotatable bonds is 5. The Balaban J connectivity index is 2.05. The maximum absolute atomic E-state index is 12.3. The van der Waals surface area contributed by atoms with Crippen LogP contribution in [0.2, 0.25) is 0 Å². The highest BCUT2D eigenvalue weighted by Crippen LogP contribution is 2.23. The number of nitrogens with zero attached hydrogens (tertiary/aromatic N) is 1. The van der Waals surface area contributed by atoms with Crippen LogP contribution in [0.15, 0.2) is 27.6 Å². The summed E-state index contributed by atoms with van der Waals surface area (Å²) < 4.78 is 27.9. The van der Waals surface area contributed by atoms with Crippen molar-refractivity contribution in [3.63, 3.8) is 0 Å². The normalized spacial score (nSPS) is 18.3. The third-order valence-corrected chi connectivity index (χ3v) is 5.57. The van der Waals surface area contributed by atoms with Crippen LogP contribution >= 0.6 is 15.9 Å². The van der Waals surface area contributed by atoms with Crippen molar-refractivity contribution in [1.29, 1.82) is 0 Å². The zero-order valence-corrected chi connectivity index (χ0v) is 13.9. The summed E-state index contributed by atoms with van der Waals surface area (Å²) in [6.45, 7) is 4.52. The van der Waals surface area contributed by atoms with Crippen LogP contribution in [-0.2, 0) is 10.0 Å². The third-order valence-electron chi connectivity index (χ3n) is 3.60. The van der Waals surface area contributed by atoms with Gasteiger partial charge in [-0.25, -0.2) is 13.1 Å². The Morgan fingerprint density at radius 2 is 2.05 bits per heavy atom. The van der Waals surface area contributed by atoms with Crippen LogP contribution in [0.25, 0.3) is 0 Å². The SMILES string of the molecule is CC(CNS(=O)(=O)c1cc(Br)ccc1N)N1CCCC1. The molecule has 0 aliphatic carbocycles. The van der Waals surface area contributed by atoms with Crippen LogP contribution in [-0.4, -0.2) is 39.0 Å². The Hall–Kier alpha value is -0.630. The van der Waals surface area contributed by atoms with Crippen molar-refractivity contribution >= 4 is 31.6 Å². The first-order valence-electron chi connectivity index (χ1n) is 6.69. The van der Waals surface area contributed by atoms with Crippen molar-refractivity contribution in [2.75, 3.05) is 25.4 Å². The van der Waals surface area contributed by atoms with E-state index in [9.17, 15) is 8.42 Å². The van der Waals surface area contributed by atoms with E-state index in [1.165, 1.54) is 18.9 Å². The van der Waals surface area contributed by atoms with Crippen LogP contribution in [0.1, 0.15) is 19.8 Å². The van der Waals surface area contributed by atoms with Crippen LogP contribution in [0.3, 0.4) is 0 Å². The summed E-state index contributed by atoms with van der Waals surface area (Å²) in [5, 5.41) is 0. The Labute approximate surface area is 128 Å². The van der Waals surface area contributed by atoms with E-state index in [1.807, 2.05) is 6.92 Å². The number of likely N-dealkylation sites (tertiary alicyclic amines) is 1. The molecule has 0 amide bonds. The topological polar surface area (TPSA) is 75.4 Å². The van der Waals surface area contributed by atoms with Gasteiger partial charge < -0.3 is 5.73 Å². The molecule has 0 saturated carbocycles. The predicted molar refractivity (Wildman–Crippen MR) is 84.0 cm³/mol. The van der Waals surface area contributed by atoms with Gasteiger partial charge in [0, 0.05) is 17.1 Å². The second kappa shape index (κ2) is 6.43. The third kappa shape index (κ3) is 3.72. The number of nitrogen functional groups attached to an aromatic ring is 1. The number of hydrogen-bond donors (Lipinski definition) is 2. The Morgan fingerprint density at radius 1 is 1.40 bits per heavy atom. The van der Waals surface area contributed by atoms with Gasteiger partial charge in [0.25, 0.3) is 0 Å². The summed E-state index contributed by atoms with van der Waals surface area (Å²) in [6, 6.07) is 5.03. The Morgan fingerprint density at radius 3 is 2.70 bits per heavy atom. The van der Waals surface area contributed by atoms with E-state index in [4.69, 9.17) is 5.73 Å². The Kier molecular flexibility index (Phi) is 5.06. The molecule has 1 aromatic carbocycles. The largest absolute Gasteiger partial charge is 0.398 e. The number of benzene rings is 1. The summed E-state index contributed by atoms with van der Waals surface area (Å²) >= 11 is 3.27.